The molecule has 7 heteroatoms. The van der Waals surface area contributed by atoms with Crippen LogP contribution in [0.5, 0.6) is 0 Å². The molecule has 3 rings (SSSR count). The van der Waals surface area contributed by atoms with Gasteiger partial charge in [-0.15, -0.1) is 0 Å². The van der Waals surface area contributed by atoms with Gasteiger partial charge in [-0.05, 0) is 37.3 Å². The number of anilines is 1. The van der Waals surface area contributed by atoms with Crippen molar-refractivity contribution in [3.05, 3.63) is 52.5 Å². The number of nitrogens with one attached hydrogen (secondary N) is 1. The number of thioether (sulfide) groups is 1. The number of amides is 1. The van der Waals surface area contributed by atoms with Crippen LogP contribution in [-0.2, 0) is 4.79 Å². The number of nitrogens with zero attached hydrogens (tertiary/aromatic N) is 1. The first-order chi connectivity index (χ1) is 11.0. The summed E-state index contributed by atoms with van der Waals surface area (Å²) in [7, 11) is 0. The first-order valence-electron chi connectivity index (χ1n) is 6.81. The maximum Gasteiger partial charge on any atom is 0.257 e. The molecule has 1 aromatic heterocycles. The Morgan fingerprint density at radius 1 is 1.26 bits per heavy atom. The Balaban J connectivity index is 1.69. The van der Waals surface area contributed by atoms with Crippen molar-refractivity contribution in [1.29, 1.82) is 0 Å². The van der Waals surface area contributed by atoms with Crippen molar-refractivity contribution >= 4 is 57.7 Å². The number of hydrogen-bond donors (Lipinski definition) is 1. The lowest BCUT2D eigenvalue weighted by molar-refractivity contribution is -0.115. The fourth-order valence-electron chi connectivity index (χ4n) is 1.93. The molecule has 0 aliphatic carbocycles. The third-order valence-electron chi connectivity index (χ3n) is 3.11. The number of para-hydroxylation sites is 2. The molecule has 2 aromatic carbocycles. The average Bonchev–Trinajstić information content (AvgIpc) is 2.92. The zero-order valence-corrected chi connectivity index (χ0v) is 14.4. The zero-order chi connectivity index (χ0) is 16.4. The van der Waals surface area contributed by atoms with E-state index in [9.17, 15) is 4.79 Å². The second-order valence-corrected chi connectivity index (χ2v) is 6.96. The molecule has 1 heterocycles. The van der Waals surface area contributed by atoms with Gasteiger partial charge < -0.3 is 9.73 Å². The smallest absolute Gasteiger partial charge is 0.257 e. The van der Waals surface area contributed by atoms with E-state index in [4.69, 9.17) is 27.6 Å². The first-order valence-corrected chi connectivity index (χ1v) is 8.44. The van der Waals surface area contributed by atoms with E-state index in [1.54, 1.807) is 25.1 Å². The summed E-state index contributed by atoms with van der Waals surface area (Å²) in [5.41, 5.74) is 1.98. The Morgan fingerprint density at radius 2 is 2.04 bits per heavy atom. The largest absolute Gasteiger partial charge is 0.431 e. The second kappa shape index (κ2) is 6.83. The van der Waals surface area contributed by atoms with Crippen molar-refractivity contribution in [2.45, 2.75) is 17.4 Å². The summed E-state index contributed by atoms with van der Waals surface area (Å²) in [4.78, 5) is 16.6. The van der Waals surface area contributed by atoms with Gasteiger partial charge in [0.1, 0.15) is 5.52 Å². The highest BCUT2D eigenvalue weighted by Gasteiger charge is 2.19. The third-order valence-corrected chi connectivity index (χ3v) is 4.60. The summed E-state index contributed by atoms with van der Waals surface area (Å²) in [5.74, 6) is -0.193. The number of rotatable bonds is 4. The molecule has 0 bridgehead atoms. The van der Waals surface area contributed by atoms with Crippen LogP contribution in [0.2, 0.25) is 10.0 Å². The van der Waals surface area contributed by atoms with Crippen molar-refractivity contribution in [1.82, 2.24) is 4.98 Å². The van der Waals surface area contributed by atoms with Crippen molar-refractivity contribution in [2.24, 2.45) is 0 Å². The van der Waals surface area contributed by atoms with E-state index in [1.807, 2.05) is 24.3 Å². The van der Waals surface area contributed by atoms with Crippen LogP contribution in [0.25, 0.3) is 11.1 Å². The normalized spacial score (nSPS) is 12.3. The number of carbonyl (C=O) groups excluding carboxylic acids is 1. The molecular formula is C16H12Cl2N2O2S. The number of halogens is 2. The van der Waals surface area contributed by atoms with Gasteiger partial charge in [0.2, 0.25) is 5.91 Å². The van der Waals surface area contributed by atoms with Crippen LogP contribution >= 0.6 is 35.0 Å². The quantitative estimate of drug-likeness (QED) is 0.640. The van der Waals surface area contributed by atoms with Crippen LogP contribution < -0.4 is 5.32 Å². The van der Waals surface area contributed by atoms with Gasteiger partial charge in [0, 0.05) is 5.02 Å². The van der Waals surface area contributed by atoms with E-state index in [-0.39, 0.29) is 5.91 Å². The summed E-state index contributed by atoms with van der Waals surface area (Å²) in [6.07, 6.45) is 0. The molecule has 0 fully saturated rings. The number of aromatic nitrogens is 1. The fraction of sp³-hybridized carbons (Fsp3) is 0.125. The van der Waals surface area contributed by atoms with Gasteiger partial charge in [-0.25, -0.2) is 4.98 Å². The molecule has 4 nitrogen and oxygen atoms in total. The highest BCUT2D eigenvalue weighted by molar-refractivity contribution is 8.00. The Labute approximate surface area is 147 Å². The zero-order valence-electron chi connectivity index (χ0n) is 12.0. The minimum Gasteiger partial charge on any atom is -0.431 e. The summed E-state index contributed by atoms with van der Waals surface area (Å²) < 4.78 is 5.61. The van der Waals surface area contributed by atoms with Crippen LogP contribution in [-0.4, -0.2) is 16.1 Å². The molecule has 3 aromatic rings. The van der Waals surface area contributed by atoms with Crippen LogP contribution in [0.3, 0.4) is 0 Å². The lowest BCUT2D eigenvalue weighted by atomic mass is 10.3. The van der Waals surface area contributed by atoms with Gasteiger partial charge in [-0.2, -0.15) is 0 Å². The predicted octanol–water partition coefficient (Wildman–Crippen LogP) is 5.25. The number of fused-ring (bicyclic) bond motifs is 1. The van der Waals surface area contributed by atoms with Gasteiger partial charge in [0.25, 0.3) is 5.22 Å². The van der Waals surface area contributed by atoms with E-state index in [0.717, 1.165) is 5.52 Å². The van der Waals surface area contributed by atoms with Crippen molar-refractivity contribution in [3.8, 4) is 0 Å². The maximum atomic E-state index is 12.3. The molecular weight excluding hydrogens is 355 g/mol. The van der Waals surface area contributed by atoms with E-state index >= 15 is 0 Å². The fourth-order valence-corrected chi connectivity index (χ4v) is 3.14. The highest BCUT2D eigenvalue weighted by Crippen LogP contribution is 2.29. The van der Waals surface area contributed by atoms with E-state index < -0.39 is 5.25 Å². The van der Waals surface area contributed by atoms with Crippen molar-refractivity contribution in [2.75, 3.05) is 5.32 Å². The number of carbonyl (C=O) groups is 1. The molecule has 1 atom stereocenters. The SMILES string of the molecule is C[C@H](Sc1nc2ccccc2o1)C(=O)Nc1ccc(Cl)cc1Cl. The van der Waals surface area contributed by atoms with Crippen molar-refractivity contribution in [3.63, 3.8) is 0 Å². The number of hydrogen-bond acceptors (Lipinski definition) is 4. The Hall–Kier alpha value is -1.69. The molecule has 0 saturated heterocycles. The summed E-state index contributed by atoms with van der Waals surface area (Å²) in [5, 5.41) is 3.74. The lowest BCUT2D eigenvalue weighted by Crippen LogP contribution is -2.22. The Kier molecular flexibility index (Phi) is 4.80. The lowest BCUT2D eigenvalue weighted by Gasteiger charge is -2.11. The van der Waals surface area contributed by atoms with Crippen LogP contribution in [0, 0.1) is 0 Å². The number of oxazole rings is 1. The van der Waals surface area contributed by atoms with Crippen molar-refractivity contribution < 1.29 is 9.21 Å². The van der Waals surface area contributed by atoms with Gasteiger partial charge in [-0.3, -0.25) is 4.79 Å². The molecule has 118 valence electrons. The monoisotopic (exact) mass is 366 g/mol. The van der Waals surface area contributed by atoms with Gasteiger partial charge in [0.05, 0.1) is 16.0 Å². The highest BCUT2D eigenvalue weighted by atomic mass is 35.5. The molecule has 0 saturated carbocycles. The first kappa shape index (κ1) is 16.2. The van der Waals surface area contributed by atoms with Gasteiger partial charge in [0.15, 0.2) is 5.58 Å². The number of benzene rings is 2. The molecule has 1 amide bonds. The molecule has 0 radical (unpaired) electrons. The van der Waals surface area contributed by atoms with E-state index in [0.29, 0.717) is 26.5 Å². The molecule has 23 heavy (non-hydrogen) atoms. The summed E-state index contributed by atoms with van der Waals surface area (Å²) >= 11 is 13.1. The van der Waals surface area contributed by atoms with Crippen LogP contribution in [0.4, 0.5) is 5.69 Å². The second-order valence-electron chi connectivity index (χ2n) is 4.82. The van der Waals surface area contributed by atoms with Gasteiger partial charge >= 0.3 is 0 Å². The minimum atomic E-state index is -0.394. The van der Waals surface area contributed by atoms with Crippen LogP contribution in [0.15, 0.2) is 52.1 Å². The molecule has 0 spiro atoms. The molecule has 0 aliphatic heterocycles. The Bertz CT molecular complexity index is 833. The molecule has 1 N–H and O–H groups in total. The summed E-state index contributed by atoms with van der Waals surface area (Å²) in [6, 6.07) is 12.4. The maximum absolute atomic E-state index is 12.3. The van der Waals surface area contributed by atoms with Gasteiger partial charge in [-0.1, -0.05) is 47.1 Å². The van der Waals surface area contributed by atoms with E-state index in [1.165, 1.54) is 11.8 Å². The van der Waals surface area contributed by atoms with Crippen LogP contribution in [0.1, 0.15) is 6.92 Å². The van der Waals surface area contributed by atoms with E-state index in [2.05, 4.69) is 10.3 Å². The minimum absolute atomic E-state index is 0.193. The topological polar surface area (TPSA) is 55.1 Å². The molecule has 0 unspecified atom stereocenters. The predicted molar refractivity (Wildman–Crippen MR) is 94.4 cm³/mol. The molecule has 0 aliphatic rings. The standard InChI is InChI=1S/C16H12Cl2N2O2S/c1-9(15(21)19-12-7-6-10(17)8-11(12)18)23-16-20-13-4-2-3-5-14(13)22-16/h2-9H,1H3,(H,19,21)/t9-/m0/s1. The summed E-state index contributed by atoms with van der Waals surface area (Å²) in [6.45, 7) is 1.78. The average molecular weight is 367 g/mol. The Morgan fingerprint density at radius 3 is 2.78 bits per heavy atom. The third kappa shape index (κ3) is 3.80.